The predicted molar refractivity (Wildman–Crippen MR) is 62.5 cm³/mol. The Morgan fingerprint density at radius 1 is 1.58 bits per heavy atom. The van der Waals surface area contributed by atoms with Crippen LogP contribution in [-0.4, -0.2) is 74.2 Å². The van der Waals surface area contributed by atoms with Gasteiger partial charge in [0.2, 0.25) is 0 Å². The van der Waals surface area contributed by atoms with Gasteiger partial charge in [-0.1, -0.05) is 0 Å². The van der Waals surface area contributed by atoms with Crippen molar-refractivity contribution < 1.29 is 35.1 Å². The number of ether oxygens (including phenoxy) is 1. The van der Waals surface area contributed by atoms with Crippen LogP contribution in [-0.2, 0) is 9.53 Å². The molecule has 0 aromatic heterocycles. The van der Waals surface area contributed by atoms with E-state index in [4.69, 9.17) is 15.6 Å². The summed E-state index contributed by atoms with van der Waals surface area (Å²) in [5.41, 5.74) is 5.63. The second-order valence-corrected chi connectivity index (χ2v) is 4.77. The maximum atomic E-state index is 11.0. The molecule has 0 aromatic rings. The SMILES string of the molecule is CC(=O)[CH][C@]1(O)C[C@H](O)[C@@H](N)[C@H]([C@H](O)[C@H](O)CO)O1. The van der Waals surface area contributed by atoms with E-state index >= 15 is 0 Å². The molecule has 1 aliphatic rings. The minimum Gasteiger partial charge on any atom is -0.394 e. The van der Waals surface area contributed by atoms with E-state index in [1.807, 2.05) is 0 Å². The lowest BCUT2D eigenvalue weighted by Crippen LogP contribution is -2.64. The van der Waals surface area contributed by atoms with Gasteiger partial charge in [0, 0.05) is 6.42 Å². The Morgan fingerprint density at radius 3 is 2.63 bits per heavy atom. The molecule has 0 spiro atoms. The van der Waals surface area contributed by atoms with Crippen LogP contribution in [0, 0.1) is 6.42 Å². The van der Waals surface area contributed by atoms with E-state index in [0.29, 0.717) is 0 Å². The van der Waals surface area contributed by atoms with E-state index in [0.717, 1.165) is 6.42 Å². The van der Waals surface area contributed by atoms with Crippen molar-refractivity contribution in [2.24, 2.45) is 5.73 Å². The van der Waals surface area contributed by atoms with Crippen molar-refractivity contribution in [3.8, 4) is 0 Å². The minimum absolute atomic E-state index is 0.327. The minimum atomic E-state index is -2.07. The Hall–Kier alpha value is -0.610. The monoisotopic (exact) mass is 278 g/mol. The molecule has 8 heteroatoms. The van der Waals surface area contributed by atoms with Crippen LogP contribution in [0.2, 0.25) is 0 Å². The summed E-state index contributed by atoms with van der Waals surface area (Å²) in [5, 5.41) is 47.7. The fourth-order valence-electron chi connectivity index (χ4n) is 2.05. The summed E-state index contributed by atoms with van der Waals surface area (Å²) in [4.78, 5) is 11.0. The predicted octanol–water partition coefficient (Wildman–Crippen LogP) is -3.34. The van der Waals surface area contributed by atoms with Gasteiger partial charge in [-0.3, -0.25) is 4.79 Å². The van der Waals surface area contributed by atoms with Gasteiger partial charge in [0.05, 0.1) is 25.2 Å². The second kappa shape index (κ2) is 6.23. The second-order valence-electron chi connectivity index (χ2n) is 4.77. The number of nitrogens with two attached hydrogens (primary N) is 1. The fraction of sp³-hybridized carbons (Fsp3) is 0.818. The lowest BCUT2D eigenvalue weighted by molar-refractivity contribution is -0.281. The number of ketones is 1. The van der Waals surface area contributed by atoms with Crippen LogP contribution < -0.4 is 5.73 Å². The molecule has 7 N–H and O–H groups in total. The molecule has 1 saturated heterocycles. The van der Waals surface area contributed by atoms with Crippen LogP contribution in [0.15, 0.2) is 0 Å². The summed E-state index contributed by atoms with van der Waals surface area (Å²) in [6.07, 6.45) is -5.18. The van der Waals surface area contributed by atoms with Crippen LogP contribution in [0.5, 0.6) is 0 Å². The highest BCUT2D eigenvalue weighted by atomic mass is 16.6. The number of rotatable bonds is 5. The van der Waals surface area contributed by atoms with E-state index in [1.165, 1.54) is 6.92 Å². The average molecular weight is 278 g/mol. The molecule has 0 aliphatic carbocycles. The number of carbonyl (C=O) groups is 1. The quantitative estimate of drug-likeness (QED) is 0.305. The van der Waals surface area contributed by atoms with Gasteiger partial charge in [0.15, 0.2) is 5.79 Å². The highest BCUT2D eigenvalue weighted by Crippen LogP contribution is 2.31. The molecule has 1 fully saturated rings. The Bertz CT molecular complexity index is 326. The largest absolute Gasteiger partial charge is 0.394 e. The van der Waals surface area contributed by atoms with E-state index in [2.05, 4.69) is 0 Å². The topological polar surface area (TPSA) is 153 Å². The molecule has 111 valence electrons. The molecule has 0 saturated carbocycles. The average Bonchev–Trinajstić information content (AvgIpc) is 2.30. The van der Waals surface area contributed by atoms with Crippen LogP contribution in [0.3, 0.4) is 0 Å². The molecule has 0 aromatic carbocycles. The Balaban J connectivity index is 2.87. The molecular weight excluding hydrogens is 258 g/mol. The number of hydrogen-bond acceptors (Lipinski definition) is 8. The van der Waals surface area contributed by atoms with Gasteiger partial charge >= 0.3 is 0 Å². The first kappa shape index (κ1) is 16.4. The molecule has 1 aliphatic heterocycles. The number of aliphatic hydroxyl groups excluding tert-OH is 4. The highest BCUT2D eigenvalue weighted by Gasteiger charge is 2.48. The zero-order valence-corrected chi connectivity index (χ0v) is 10.5. The molecule has 1 rings (SSSR count). The molecule has 0 unspecified atom stereocenters. The van der Waals surface area contributed by atoms with Crippen molar-refractivity contribution in [3.05, 3.63) is 6.42 Å². The first-order chi connectivity index (χ1) is 8.70. The van der Waals surface area contributed by atoms with Gasteiger partial charge in [-0.2, -0.15) is 0 Å². The van der Waals surface area contributed by atoms with Crippen LogP contribution in [0.25, 0.3) is 0 Å². The lowest BCUT2D eigenvalue weighted by atomic mass is 9.88. The molecule has 19 heavy (non-hydrogen) atoms. The Morgan fingerprint density at radius 2 is 2.16 bits per heavy atom. The zero-order chi connectivity index (χ0) is 14.8. The van der Waals surface area contributed by atoms with Gasteiger partial charge in [-0.15, -0.1) is 0 Å². The lowest BCUT2D eigenvalue weighted by Gasteiger charge is -2.44. The summed E-state index contributed by atoms with van der Waals surface area (Å²) in [5.74, 6) is -2.55. The third-order valence-corrected chi connectivity index (χ3v) is 3.01. The molecule has 8 nitrogen and oxygen atoms in total. The van der Waals surface area contributed by atoms with Crippen molar-refractivity contribution in [2.45, 2.75) is 49.6 Å². The summed E-state index contributed by atoms with van der Waals surface area (Å²) < 4.78 is 5.13. The normalized spacial score (nSPS) is 38.8. The Kier molecular flexibility index (Phi) is 5.39. The number of Topliss-reactive ketones (excluding diaryl/α,β-unsaturated/α-hetero) is 1. The van der Waals surface area contributed by atoms with Gasteiger partial charge in [-0.05, 0) is 6.92 Å². The van der Waals surface area contributed by atoms with Crippen molar-refractivity contribution >= 4 is 5.78 Å². The first-order valence-electron chi connectivity index (χ1n) is 5.87. The number of aliphatic hydroxyl groups is 5. The first-order valence-corrected chi connectivity index (χ1v) is 5.87. The van der Waals surface area contributed by atoms with Crippen molar-refractivity contribution in [3.63, 3.8) is 0 Å². The summed E-state index contributed by atoms with van der Waals surface area (Å²) in [7, 11) is 0. The maximum Gasteiger partial charge on any atom is 0.179 e. The maximum absolute atomic E-state index is 11.0. The third-order valence-electron chi connectivity index (χ3n) is 3.01. The molecule has 1 heterocycles. The fourth-order valence-corrected chi connectivity index (χ4v) is 2.05. The van der Waals surface area contributed by atoms with Crippen molar-refractivity contribution in [1.29, 1.82) is 0 Å². The van der Waals surface area contributed by atoms with Gasteiger partial charge in [0.25, 0.3) is 0 Å². The number of carbonyl (C=O) groups excluding carboxylic acids is 1. The van der Waals surface area contributed by atoms with Gasteiger partial charge in [0.1, 0.15) is 24.1 Å². The van der Waals surface area contributed by atoms with E-state index in [-0.39, 0.29) is 6.42 Å². The zero-order valence-electron chi connectivity index (χ0n) is 10.5. The smallest absolute Gasteiger partial charge is 0.179 e. The molecule has 6 atom stereocenters. The van der Waals surface area contributed by atoms with E-state index in [1.54, 1.807) is 0 Å². The van der Waals surface area contributed by atoms with E-state index < -0.39 is 48.6 Å². The summed E-state index contributed by atoms with van der Waals surface area (Å²) in [6.45, 7) is 0.453. The van der Waals surface area contributed by atoms with Gasteiger partial charge in [-0.25, -0.2) is 0 Å². The summed E-state index contributed by atoms with van der Waals surface area (Å²) in [6, 6.07) is -1.07. The third kappa shape index (κ3) is 3.93. The Labute approximate surface area is 110 Å². The van der Waals surface area contributed by atoms with Crippen LogP contribution >= 0.6 is 0 Å². The van der Waals surface area contributed by atoms with Crippen LogP contribution in [0.4, 0.5) is 0 Å². The van der Waals surface area contributed by atoms with Gasteiger partial charge < -0.3 is 36.0 Å². The van der Waals surface area contributed by atoms with E-state index in [9.17, 15) is 25.2 Å². The number of hydrogen-bond donors (Lipinski definition) is 6. The van der Waals surface area contributed by atoms with Crippen molar-refractivity contribution in [1.82, 2.24) is 0 Å². The van der Waals surface area contributed by atoms with Crippen molar-refractivity contribution in [2.75, 3.05) is 6.61 Å². The highest BCUT2D eigenvalue weighted by molar-refractivity contribution is 5.85. The molecule has 0 bridgehead atoms. The molecule has 0 amide bonds. The molecule has 1 radical (unpaired) electrons. The van der Waals surface area contributed by atoms with Crippen LogP contribution in [0.1, 0.15) is 13.3 Å². The summed E-state index contributed by atoms with van der Waals surface area (Å²) >= 11 is 0. The standard InChI is InChI=1S/C11H20NO7/c1-5(14)2-11(18)3-6(15)8(12)10(19-11)9(17)7(16)4-13/h2,6-10,13,15-18H,3-4,12H2,1H3/t6-,7+,8+,9+,10+,11+/m0/s1. The molecular formula is C11H20NO7.